The lowest BCUT2D eigenvalue weighted by molar-refractivity contribution is -0.115. The Balaban J connectivity index is 1.69. The van der Waals surface area contributed by atoms with Gasteiger partial charge >= 0.3 is 0 Å². The molecule has 0 fully saturated rings. The molecule has 0 saturated heterocycles. The third-order valence-electron chi connectivity index (χ3n) is 5.61. The molecule has 0 bridgehead atoms. The van der Waals surface area contributed by atoms with E-state index in [2.05, 4.69) is 11.4 Å². The van der Waals surface area contributed by atoms with Gasteiger partial charge in [-0.15, -0.1) is 0 Å². The van der Waals surface area contributed by atoms with E-state index in [1.54, 1.807) is 55.5 Å². The first-order valence-corrected chi connectivity index (χ1v) is 12.9. The molecule has 5 nitrogen and oxygen atoms in total. The maximum atomic E-state index is 13.0. The van der Waals surface area contributed by atoms with Crippen LogP contribution in [0.3, 0.4) is 0 Å². The van der Waals surface area contributed by atoms with Crippen molar-refractivity contribution in [1.29, 1.82) is 5.26 Å². The molecule has 1 aromatic heterocycles. The number of carbonyl (C=O) groups is 2. The van der Waals surface area contributed by atoms with Gasteiger partial charge in [0.25, 0.3) is 0 Å². The Labute approximate surface area is 229 Å². The van der Waals surface area contributed by atoms with Crippen LogP contribution in [0, 0.1) is 11.3 Å². The predicted molar refractivity (Wildman–Crippen MR) is 150 cm³/mol. The Morgan fingerprint density at radius 1 is 0.919 bits per heavy atom. The largest absolute Gasteiger partial charge is 0.325 e. The van der Waals surface area contributed by atoms with Crippen molar-refractivity contribution in [3.8, 4) is 28.5 Å². The average molecular weight is 546 g/mol. The van der Waals surface area contributed by atoms with Crippen LogP contribution in [0.15, 0.2) is 83.9 Å². The molecule has 0 aliphatic carbocycles. The highest BCUT2D eigenvalue weighted by atomic mass is 35.5. The van der Waals surface area contributed by atoms with Crippen molar-refractivity contribution in [3.05, 3.63) is 100 Å². The number of rotatable bonds is 7. The number of halogens is 2. The number of thioether (sulfide) groups is 1. The molecule has 1 N–H and O–H groups in total. The number of anilines is 1. The summed E-state index contributed by atoms with van der Waals surface area (Å²) in [6, 6.07) is 25.3. The fourth-order valence-corrected chi connectivity index (χ4v) is 4.77. The number of carbonyl (C=O) groups excluding carboxylic acids is 2. The molecule has 3 aromatic carbocycles. The Bertz CT molecular complexity index is 1500. The average Bonchev–Trinajstić information content (AvgIpc) is 2.89. The Morgan fingerprint density at radius 2 is 1.49 bits per heavy atom. The SMILES string of the molecule is CC(=O)c1ccc(NC(=O)C(C)Sc2nc(-c3ccc(Cl)cc3)cc(-c3ccc(Cl)cc3)c2C#N)cc1. The van der Waals surface area contributed by atoms with Crippen LogP contribution < -0.4 is 5.32 Å². The highest BCUT2D eigenvalue weighted by Crippen LogP contribution is 2.36. The monoisotopic (exact) mass is 545 g/mol. The summed E-state index contributed by atoms with van der Waals surface area (Å²) in [6.45, 7) is 3.24. The van der Waals surface area contributed by atoms with Gasteiger partial charge in [-0.3, -0.25) is 9.59 Å². The van der Waals surface area contributed by atoms with E-state index in [-0.39, 0.29) is 11.7 Å². The van der Waals surface area contributed by atoms with Crippen molar-refractivity contribution in [2.45, 2.75) is 24.1 Å². The molecule has 1 heterocycles. The van der Waals surface area contributed by atoms with E-state index in [9.17, 15) is 14.9 Å². The summed E-state index contributed by atoms with van der Waals surface area (Å²) < 4.78 is 0. The van der Waals surface area contributed by atoms with Gasteiger partial charge in [0.1, 0.15) is 11.1 Å². The number of hydrogen-bond donors (Lipinski definition) is 1. The number of nitriles is 1. The minimum Gasteiger partial charge on any atom is -0.325 e. The number of aromatic nitrogens is 1. The first-order valence-electron chi connectivity index (χ1n) is 11.3. The van der Waals surface area contributed by atoms with Gasteiger partial charge in [-0.25, -0.2) is 4.98 Å². The fourth-order valence-electron chi connectivity index (χ4n) is 3.59. The summed E-state index contributed by atoms with van der Waals surface area (Å²) in [5, 5.41) is 14.0. The molecule has 0 radical (unpaired) electrons. The number of ketones is 1. The summed E-state index contributed by atoms with van der Waals surface area (Å²) >= 11 is 13.4. The highest BCUT2D eigenvalue weighted by Gasteiger charge is 2.22. The maximum absolute atomic E-state index is 13.0. The van der Waals surface area contributed by atoms with Gasteiger partial charge in [-0.1, -0.05) is 59.2 Å². The molecule has 0 spiro atoms. The van der Waals surface area contributed by atoms with Crippen molar-refractivity contribution < 1.29 is 9.59 Å². The van der Waals surface area contributed by atoms with Gasteiger partial charge in [-0.05, 0) is 74.0 Å². The van der Waals surface area contributed by atoms with Gasteiger partial charge in [-0.2, -0.15) is 5.26 Å². The molecule has 0 aliphatic rings. The Hall–Kier alpha value is -3.63. The highest BCUT2D eigenvalue weighted by molar-refractivity contribution is 8.00. The van der Waals surface area contributed by atoms with Crippen LogP contribution in [0.1, 0.15) is 29.8 Å². The van der Waals surface area contributed by atoms with E-state index in [4.69, 9.17) is 28.2 Å². The van der Waals surface area contributed by atoms with Crippen LogP contribution in [0.25, 0.3) is 22.4 Å². The zero-order valence-corrected chi connectivity index (χ0v) is 22.3. The van der Waals surface area contributed by atoms with Gasteiger partial charge in [0, 0.05) is 32.4 Å². The zero-order chi connectivity index (χ0) is 26.5. The lowest BCUT2D eigenvalue weighted by Gasteiger charge is -2.16. The van der Waals surface area contributed by atoms with E-state index >= 15 is 0 Å². The molecule has 8 heteroatoms. The first-order chi connectivity index (χ1) is 17.7. The number of Topliss-reactive ketones (excluding diaryl/α,β-unsaturated/α-hetero) is 1. The molecule has 184 valence electrons. The molecular weight excluding hydrogens is 525 g/mol. The maximum Gasteiger partial charge on any atom is 0.237 e. The number of hydrogen-bond acceptors (Lipinski definition) is 5. The van der Waals surface area contributed by atoms with E-state index in [0.29, 0.717) is 43.1 Å². The molecule has 4 rings (SSSR count). The molecular formula is C29H21Cl2N3O2S. The van der Waals surface area contributed by atoms with Gasteiger partial charge in [0.15, 0.2) is 5.78 Å². The van der Waals surface area contributed by atoms with E-state index in [0.717, 1.165) is 11.1 Å². The van der Waals surface area contributed by atoms with Crippen molar-refractivity contribution in [2.75, 3.05) is 5.32 Å². The van der Waals surface area contributed by atoms with Gasteiger partial charge in [0.2, 0.25) is 5.91 Å². The molecule has 0 saturated carbocycles. The van der Waals surface area contributed by atoms with E-state index < -0.39 is 5.25 Å². The second-order valence-corrected chi connectivity index (χ2v) is 10.4. The molecule has 37 heavy (non-hydrogen) atoms. The van der Waals surface area contributed by atoms with Crippen LogP contribution in [-0.4, -0.2) is 21.9 Å². The standard InChI is InChI=1S/C29H21Cl2N3O2S/c1-17(35)19-7-13-24(14-8-19)33-28(36)18(2)37-29-26(16-32)25(20-3-9-22(30)10-4-20)15-27(34-29)21-5-11-23(31)12-6-21/h3-15,18H,1-2H3,(H,33,36). The van der Waals surface area contributed by atoms with Crippen LogP contribution >= 0.6 is 35.0 Å². The minimum absolute atomic E-state index is 0.0473. The second kappa shape index (κ2) is 11.6. The number of nitrogens with one attached hydrogen (secondary N) is 1. The first kappa shape index (κ1) is 26.4. The summed E-state index contributed by atoms with van der Waals surface area (Å²) in [6.07, 6.45) is 0. The third kappa shape index (κ3) is 6.39. The summed E-state index contributed by atoms with van der Waals surface area (Å²) in [7, 11) is 0. The van der Waals surface area contributed by atoms with Gasteiger partial charge in [0.05, 0.1) is 16.5 Å². The van der Waals surface area contributed by atoms with Crippen molar-refractivity contribution in [2.24, 2.45) is 0 Å². The van der Waals surface area contributed by atoms with Crippen molar-refractivity contribution in [3.63, 3.8) is 0 Å². The Morgan fingerprint density at radius 3 is 2.03 bits per heavy atom. The number of amides is 1. The van der Waals surface area contributed by atoms with Crippen LogP contribution in [0.5, 0.6) is 0 Å². The topological polar surface area (TPSA) is 82.8 Å². The number of benzene rings is 3. The number of nitrogens with zero attached hydrogens (tertiary/aromatic N) is 2. The quantitative estimate of drug-likeness (QED) is 0.188. The smallest absolute Gasteiger partial charge is 0.237 e. The summed E-state index contributed by atoms with van der Waals surface area (Å²) in [5.41, 5.74) is 4.49. The molecule has 0 aliphatic heterocycles. The van der Waals surface area contributed by atoms with Crippen molar-refractivity contribution >= 4 is 52.3 Å². The van der Waals surface area contributed by atoms with Crippen LogP contribution in [0.4, 0.5) is 5.69 Å². The Kier molecular flexibility index (Phi) is 8.30. The fraction of sp³-hybridized carbons (Fsp3) is 0.103. The lowest BCUT2D eigenvalue weighted by Crippen LogP contribution is -2.22. The van der Waals surface area contributed by atoms with Gasteiger partial charge < -0.3 is 5.32 Å². The minimum atomic E-state index is -0.564. The predicted octanol–water partition coefficient (Wildman–Crippen LogP) is 7.92. The second-order valence-electron chi connectivity index (χ2n) is 8.24. The summed E-state index contributed by atoms with van der Waals surface area (Å²) in [5.74, 6) is -0.301. The van der Waals surface area contributed by atoms with Crippen molar-refractivity contribution in [1.82, 2.24) is 4.98 Å². The molecule has 1 atom stereocenters. The van der Waals surface area contributed by atoms with Crippen LogP contribution in [0.2, 0.25) is 10.0 Å². The van der Waals surface area contributed by atoms with E-state index in [1.165, 1.54) is 18.7 Å². The van der Waals surface area contributed by atoms with Crippen LogP contribution in [-0.2, 0) is 4.79 Å². The normalized spacial score (nSPS) is 11.4. The molecule has 4 aromatic rings. The lowest BCUT2D eigenvalue weighted by atomic mass is 9.99. The molecule has 1 amide bonds. The van der Waals surface area contributed by atoms with E-state index in [1.807, 2.05) is 30.3 Å². The molecule has 1 unspecified atom stereocenters. The summed E-state index contributed by atoms with van der Waals surface area (Å²) in [4.78, 5) is 29.2. The number of pyridine rings is 1. The third-order valence-corrected chi connectivity index (χ3v) is 7.20. The zero-order valence-electron chi connectivity index (χ0n) is 20.0.